The van der Waals surface area contributed by atoms with Gasteiger partial charge in [-0.2, -0.15) is 0 Å². The van der Waals surface area contributed by atoms with Crippen molar-refractivity contribution in [2.24, 2.45) is 0 Å². The Labute approximate surface area is 96.4 Å². The first-order valence-corrected chi connectivity index (χ1v) is 5.54. The predicted molar refractivity (Wildman–Crippen MR) is 63.9 cm³/mol. The van der Waals surface area contributed by atoms with Gasteiger partial charge in [0.25, 0.3) is 0 Å². The number of rotatable bonds is 4. The normalized spacial score (nSPS) is 11.6. The fraction of sp³-hybridized carbons (Fsp3) is 0.385. The highest BCUT2D eigenvalue weighted by Gasteiger charge is 2.04. The number of hydrogen-bond acceptors (Lipinski definition) is 1. The Hall–Kier alpha value is -0.970. The molecular weight excluding hydrogens is 208 g/mol. The first kappa shape index (κ1) is 12.1. The van der Waals surface area contributed by atoms with E-state index in [-0.39, 0.29) is 6.10 Å². The zero-order valence-corrected chi connectivity index (χ0v) is 9.63. The maximum Gasteiger partial charge on any atom is 0.143 e. The lowest BCUT2D eigenvalue weighted by atomic mass is 10.1. The Morgan fingerprint density at radius 1 is 1.33 bits per heavy atom. The Morgan fingerprint density at radius 3 is 2.67 bits per heavy atom. The highest BCUT2D eigenvalue weighted by molar-refractivity contribution is 6.17. The van der Waals surface area contributed by atoms with Crippen LogP contribution in [0.5, 0.6) is 0 Å². The van der Waals surface area contributed by atoms with Crippen LogP contribution in [0.4, 0.5) is 0 Å². The minimum Gasteiger partial charge on any atom is -0.364 e. The highest BCUT2D eigenvalue weighted by atomic mass is 35.5. The molecule has 0 saturated carbocycles. The molecule has 0 spiro atoms. The number of alkyl halides is 1. The van der Waals surface area contributed by atoms with Crippen molar-refractivity contribution >= 4 is 11.6 Å². The van der Waals surface area contributed by atoms with E-state index < -0.39 is 0 Å². The van der Waals surface area contributed by atoms with E-state index in [2.05, 4.69) is 11.8 Å². The maximum atomic E-state index is 5.57. The molecule has 1 aromatic rings. The zero-order valence-electron chi connectivity index (χ0n) is 8.87. The Morgan fingerprint density at radius 2 is 2.07 bits per heavy atom. The molecule has 0 aliphatic carbocycles. The van der Waals surface area contributed by atoms with Crippen LogP contribution in [0.2, 0.25) is 0 Å². The lowest BCUT2D eigenvalue weighted by molar-refractivity contribution is 0.150. The zero-order chi connectivity index (χ0) is 10.9. The summed E-state index contributed by atoms with van der Waals surface area (Å²) in [7, 11) is 1.67. The fourth-order valence-corrected chi connectivity index (χ4v) is 1.36. The van der Waals surface area contributed by atoms with Crippen LogP contribution in [-0.4, -0.2) is 13.0 Å². The molecule has 80 valence electrons. The van der Waals surface area contributed by atoms with E-state index in [1.54, 1.807) is 7.11 Å². The van der Waals surface area contributed by atoms with Crippen molar-refractivity contribution in [3.8, 4) is 11.8 Å². The Kier molecular flexibility index (Phi) is 5.92. The highest BCUT2D eigenvalue weighted by Crippen LogP contribution is 2.14. The monoisotopic (exact) mass is 222 g/mol. The van der Waals surface area contributed by atoms with Crippen molar-refractivity contribution in [2.45, 2.75) is 18.9 Å². The molecule has 0 N–H and O–H groups in total. The van der Waals surface area contributed by atoms with Crippen molar-refractivity contribution in [1.82, 2.24) is 0 Å². The lowest BCUT2D eigenvalue weighted by Gasteiger charge is -2.07. The molecule has 1 rings (SSSR count). The predicted octanol–water partition coefficient (Wildman–Crippen LogP) is 3.40. The molecule has 0 aliphatic heterocycles. The summed E-state index contributed by atoms with van der Waals surface area (Å²) >= 11 is 5.57. The molecule has 15 heavy (non-hydrogen) atoms. The first-order chi connectivity index (χ1) is 7.38. The molecule has 0 fully saturated rings. The van der Waals surface area contributed by atoms with Gasteiger partial charge in [-0.05, 0) is 12.0 Å². The van der Waals surface area contributed by atoms with Gasteiger partial charge in [-0.25, -0.2) is 0 Å². The van der Waals surface area contributed by atoms with Crippen molar-refractivity contribution in [3.05, 3.63) is 35.9 Å². The molecule has 0 aromatic heterocycles. The molecule has 0 bridgehead atoms. The van der Waals surface area contributed by atoms with Crippen molar-refractivity contribution in [3.63, 3.8) is 0 Å². The second-order valence-corrected chi connectivity index (χ2v) is 3.52. The van der Waals surface area contributed by atoms with Crippen molar-refractivity contribution < 1.29 is 4.74 Å². The molecular formula is C13H15ClO. The van der Waals surface area contributed by atoms with Gasteiger partial charge in [-0.15, -0.1) is 17.5 Å². The van der Waals surface area contributed by atoms with E-state index in [0.717, 1.165) is 18.4 Å². The first-order valence-electron chi connectivity index (χ1n) is 5.00. The summed E-state index contributed by atoms with van der Waals surface area (Å²) < 4.78 is 5.31. The van der Waals surface area contributed by atoms with Crippen LogP contribution in [0.15, 0.2) is 30.3 Å². The largest absolute Gasteiger partial charge is 0.364 e. The molecule has 2 heteroatoms. The molecule has 0 heterocycles. The average molecular weight is 223 g/mol. The van der Waals surface area contributed by atoms with Gasteiger partial charge in [0.1, 0.15) is 6.10 Å². The van der Waals surface area contributed by atoms with Crippen molar-refractivity contribution in [2.75, 3.05) is 13.0 Å². The lowest BCUT2D eigenvalue weighted by Crippen LogP contribution is -1.97. The Bertz CT molecular complexity index is 323. The van der Waals surface area contributed by atoms with E-state index in [1.807, 2.05) is 30.3 Å². The molecule has 0 radical (unpaired) electrons. The van der Waals surface area contributed by atoms with Gasteiger partial charge in [0, 0.05) is 19.4 Å². The molecule has 1 aromatic carbocycles. The third-order valence-corrected chi connectivity index (χ3v) is 2.27. The van der Waals surface area contributed by atoms with E-state index in [4.69, 9.17) is 16.3 Å². The summed E-state index contributed by atoms with van der Waals surface area (Å²) in [4.78, 5) is 0. The smallest absolute Gasteiger partial charge is 0.143 e. The quantitative estimate of drug-likeness (QED) is 0.431. The topological polar surface area (TPSA) is 9.23 Å². The minimum atomic E-state index is -0.124. The van der Waals surface area contributed by atoms with Gasteiger partial charge >= 0.3 is 0 Å². The van der Waals surface area contributed by atoms with Crippen LogP contribution < -0.4 is 0 Å². The Balaban J connectivity index is 2.59. The number of halogens is 1. The van der Waals surface area contributed by atoms with Crippen molar-refractivity contribution in [1.29, 1.82) is 0 Å². The number of unbranched alkanes of at least 4 members (excludes halogenated alkanes) is 1. The summed E-state index contributed by atoms with van der Waals surface area (Å²) in [6.45, 7) is 0. The van der Waals surface area contributed by atoms with E-state index >= 15 is 0 Å². The number of methoxy groups -OCH3 is 1. The molecule has 0 amide bonds. The van der Waals surface area contributed by atoms with Gasteiger partial charge in [0.15, 0.2) is 0 Å². The van der Waals surface area contributed by atoms with Crippen LogP contribution >= 0.6 is 11.6 Å². The van der Waals surface area contributed by atoms with Crippen LogP contribution in [0.25, 0.3) is 0 Å². The third kappa shape index (κ3) is 4.38. The van der Waals surface area contributed by atoms with Gasteiger partial charge in [-0.1, -0.05) is 36.3 Å². The average Bonchev–Trinajstić information content (AvgIpc) is 2.30. The van der Waals surface area contributed by atoms with E-state index in [9.17, 15) is 0 Å². The van der Waals surface area contributed by atoms with Crippen LogP contribution in [0.3, 0.4) is 0 Å². The van der Waals surface area contributed by atoms with Crippen LogP contribution in [-0.2, 0) is 4.74 Å². The standard InChI is InChI=1S/C13H15ClO/c1-15-13(10-6-3-7-11-14)12-8-4-2-5-9-12/h2,4-5,8-9,13H,3,7,11H2,1H3. The van der Waals surface area contributed by atoms with Gasteiger partial charge < -0.3 is 4.74 Å². The van der Waals surface area contributed by atoms with E-state index in [0.29, 0.717) is 5.88 Å². The van der Waals surface area contributed by atoms with Gasteiger partial charge in [-0.3, -0.25) is 0 Å². The molecule has 1 atom stereocenters. The second kappa shape index (κ2) is 7.34. The third-order valence-electron chi connectivity index (χ3n) is 2.01. The SMILES string of the molecule is COC(C#CCCCCl)c1ccccc1. The van der Waals surface area contributed by atoms with E-state index in [1.165, 1.54) is 0 Å². The number of ether oxygens (including phenoxy) is 1. The number of hydrogen-bond donors (Lipinski definition) is 0. The van der Waals surface area contributed by atoms with Gasteiger partial charge in [0.05, 0.1) is 0 Å². The summed E-state index contributed by atoms with van der Waals surface area (Å²) in [5.74, 6) is 6.83. The molecule has 0 aliphatic rings. The minimum absolute atomic E-state index is 0.124. The summed E-state index contributed by atoms with van der Waals surface area (Å²) in [6.07, 6.45) is 1.64. The van der Waals surface area contributed by atoms with Gasteiger partial charge in [0.2, 0.25) is 0 Å². The number of benzene rings is 1. The molecule has 1 nitrogen and oxygen atoms in total. The summed E-state index contributed by atoms with van der Waals surface area (Å²) in [5, 5.41) is 0. The molecule has 1 unspecified atom stereocenters. The fourth-order valence-electron chi connectivity index (χ4n) is 1.23. The summed E-state index contributed by atoms with van der Waals surface area (Å²) in [5.41, 5.74) is 1.10. The van der Waals surface area contributed by atoms with Crippen LogP contribution in [0, 0.1) is 11.8 Å². The second-order valence-electron chi connectivity index (χ2n) is 3.14. The summed E-state index contributed by atoms with van der Waals surface area (Å²) in [6, 6.07) is 10.00. The maximum absolute atomic E-state index is 5.57. The van der Waals surface area contributed by atoms with Crippen LogP contribution in [0.1, 0.15) is 24.5 Å². The molecule has 0 saturated heterocycles.